The number of nitrogens with zero attached hydrogens (tertiary/aromatic N) is 4. The Morgan fingerprint density at radius 2 is 2.42 bits per heavy atom. The lowest BCUT2D eigenvalue weighted by Gasteiger charge is -2.02. The average Bonchev–Trinajstić information content (AvgIpc) is 3.16. The van der Waals surface area contributed by atoms with E-state index in [0.29, 0.717) is 18.5 Å². The standard InChI is InChI=1S/C12H17N5O2/c1-2-17-8-9(7-14-17)6-13-12-16-15-11(19-12)10-4-3-5-18-10/h7-8,10H,2-6H2,1H3,(H,13,16). The quantitative estimate of drug-likeness (QED) is 0.885. The molecule has 1 atom stereocenters. The van der Waals surface area contributed by atoms with Crippen LogP contribution in [0, 0.1) is 0 Å². The van der Waals surface area contributed by atoms with Crippen LogP contribution in [0.5, 0.6) is 0 Å². The molecule has 1 N–H and O–H groups in total. The van der Waals surface area contributed by atoms with Gasteiger partial charge in [-0.1, -0.05) is 5.10 Å². The van der Waals surface area contributed by atoms with Crippen molar-refractivity contribution in [3.05, 3.63) is 23.8 Å². The zero-order chi connectivity index (χ0) is 13.1. The van der Waals surface area contributed by atoms with Crippen LogP contribution in [0.15, 0.2) is 16.8 Å². The molecule has 0 spiro atoms. The highest BCUT2D eigenvalue weighted by Gasteiger charge is 2.23. The summed E-state index contributed by atoms with van der Waals surface area (Å²) < 4.78 is 12.9. The summed E-state index contributed by atoms with van der Waals surface area (Å²) in [5.41, 5.74) is 1.08. The molecule has 1 saturated heterocycles. The predicted molar refractivity (Wildman–Crippen MR) is 67.5 cm³/mol. The zero-order valence-electron chi connectivity index (χ0n) is 10.9. The fourth-order valence-corrected chi connectivity index (χ4v) is 2.06. The van der Waals surface area contributed by atoms with Crippen LogP contribution in [0.3, 0.4) is 0 Å². The second-order valence-corrected chi connectivity index (χ2v) is 4.50. The van der Waals surface area contributed by atoms with Crippen LogP contribution in [-0.2, 0) is 17.8 Å². The molecule has 3 rings (SSSR count). The normalized spacial score (nSPS) is 18.9. The summed E-state index contributed by atoms with van der Waals surface area (Å²) >= 11 is 0. The molecule has 0 bridgehead atoms. The van der Waals surface area contributed by atoms with Gasteiger partial charge in [0.1, 0.15) is 6.10 Å². The van der Waals surface area contributed by atoms with Crippen molar-refractivity contribution in [3.8, 4) is 0 Å². The Bertz CT molecular complexity index is 530. The second kappa shape index (κ2) is 5.40. The van der Waals surface area contributed by atoms with Crippen molar-refractivity contribution >= 4 is 6.01 Å². The highest BCUT2D eigenvalue weighted by Crippen LogP contribution is 2.28. The van der Waals surface area contributed by atoms with Crippen LogP contribution in [0.1, 0.15) is 37.3 Å². The lowest BCUT2D eigenvalue weighted by molar-refractivity contribution is 0.0897. The molecule has 1 fully saturated rings. The van der Waals surface area contributed by atoms with E-state index in [0.717, 1.165) is 31.6 Å². The van der Waals surface area contributed by atoms with Crippen LogP contribution >= 0.6 is 0 Å². The molecule has 102 valence electrons. The first-order valence-electron chi connectivity index (χ1n) is 6.55. The molecule has 2 aromatic heterocycles. The van der Waals surface area contributed by atoms with Crippen molar-refractivity contribution < 1.29 is 9.15 Å². The van der Waals surface area contributed by atoms with Gasteiger partial charge >= 0.3 is 6.01 Å². The van der Waals surface area contributed by atoms with Gasteiger partial charge < -0.3 is 14.5 Å². The minimum absolute atomic E-state index is 0.0362. The Morgan fingerprint density at radius 3 is 3.16 bits per heavy atom. The second-order valence-electron chi connectivity index (χ2n) is 4.50. The van der Waals surface area contributed by atoms with Crippen LogP contribution < -0.4 is 5.32 Å². The summed E-state index contributed by atoms with van der Waals surface area (Å²) in [6.45, 7) is 4.30. The van der Waals surface area contributed by atoms with E-state index >= 15 is 0 Å². The van der Waals surface area contributed by atoms with Gasteiger partial charge in [0.25, 0.3) is 0 Å². The molecule has 0 amide bonds. The lowest BCUT2D eigenvalue weighted by atomic mass is 10.2. The minimum atomic E-state index is -0.0362. The number of aryl methyl sites for hydroxylation is 1. The topological polar surface area (TPSA) is 78.0 Å². The maximum absolute atomic E-state index is 5.54. The summed E-state index contributed by atoms with van der Waals surface area (Å²) in [6.07, 6.45) is 5.78. The molecule has 1 unspecified atom stereocenters. The van der Waals surface area contributed by atoms with Gasteiger partial charge in [-0.15, -0.1) is 5.10 Å². The van der Waals surface area contributed by atoms with Crippen molar-refractivity contribution in [3.63, 3.8) is 0 Å². The van der Waals surface area contributed by atoms with E-state index in [-0.39, 0.29) is 6.10 Å². The lowest BCUT2D eigenvalue weighted by Crippen LogP contribution is -1.99. The van der Waals surface area contributed by atoms with E-state index in [9.17, 15) is 0 Å². The highest BCUT2D eigenvalue weighted by atomic mass is 16.5. The molecule has 2 aromatic rings. The first-order chi connectivity index (χ1) is 9.35. The molecule has 7 nitrogen and oxygen atoms in total. The number of anilines is 1. The Hall–Kier alpha value is -1.89. The van der Waals surface area contributed by atoms with Gasteiger partial charge in [-0.05, 0) is 19.8 Å². The molecule has 1 aliphatic heterocycles. The third-order valence-corrected chi connectivity index (χ3v) is 3.10. The third kappa shape index (κ3) is 2.76. The molecule has 3 heterocycles. The van der Waals surface area contributed by atoms with E-state index in [1.165, 1.54) is 0 Å². The van der Waals surface area contributed by atoms with E-state index in [1.807, 2.05) is 17.1 Å². The molecule has 0 aliphatic carbocycles. The van der Waals surface area contributed by atoms with Crippen molar-refractivity contribution in [2.45, 2.75) is 39.0 Å². The number of rotatable bonds is 5. The summed E-state index contributed by atoms with van der Waals surface area (Å²) in [6, 6.07) is 0.426. The number of aromatic nitrogens is 4. The van der Waals surface area contributed by atoms with E-state index in [1.54, 1.807) is 0 Å². The van der Waals surface area contributed by atoms with Crippen molar-refractivity contribution in [2.75, 3.05) is 11.9 Å². The maximum atomic E-state index is 5.54. The van der Waals surface area contributed by atoms with Gasteiger partial charge in [0.2, 0.25) is 5.89 Å². The van der Waals surface area contributed by atoms with Gasteiger partial charge in [-0.25, -0.2) is 0 Å². The fourth-order valence-electron chi connectivity index (χ4n) is 2.06. The summed E-state index contributed by atoms with van der Waals surface area (Å²) in [5.74, 6) is 0.559. The van der Waals surface area contributed by atoms with Crippen molar-refractivity contribution in [2.24, 2.45) is 0 Å². The fraction of sp³-hybridized carbons (Fsp3) is 0.583. The molecular formula is C12H17N5O2. The largest absolute Gasteiger partial charge is 0.405 e. The molecule has 0 radical (unpaired) electrons. The Kier molecular flexibility index (Phi) is 3.45. The van der Waals surface area contributed by atoms with Crippen LogP contribution in [0.25, 0.3) is 0 Å². The maximum Gasteiger partial charge on any atom is 0.315 e. The van der Waals surface area contributed by atoms with Crippen LogP contribution in [0.2, 0.25) is 0 Å². The Morgan fingerprint density at radius 1 is 1.47 bits per heavy atom. The number of ether oxygens (including phenoxy) is 1. The molecule has 7 heteroatoms. The van der Waals surface area contributed by atoms with Gasteiger partial charge in [-0.2, -0.15) is 5.10 Å². The van der Waals surface area contributed by atoms with Gasteiger partial charge in [0.15, 0.2) is 0 Å². The molecule has 19 heavy (non-hydrogen) atoms. The summed E-state index contributed by atoms with van der Waals surface area (Å²) in [4.78, 5) is 0. The van der Waals surface area contributed by atoms with Crippen LogP contribution in [0.4, 0.5) is 6.01 Å². The van der Waals surface area contributed by atoms with E-state index in [2.05, 4.69) is 27.5 Å². The van der Waals surface area contributed by atoms with Crippen molar-refractivity contribution in [1.82, 2.24) is 20.0 Å². The predicted octanol–water partition coefficient (Wildman–Crippen LogP) is 1.75. The Balaban J connectivity index is 1.57. The number of hydrogen-bond donors (Lipinski definition) is 1. The monoisotopic (exact) mass is 263 g/mol. The van der Waals surface area contributed by atoms with E-state index < -0.39 is 0 Å². The molecule has 0 aromatic carbocycles. The summed E-state index contributed by atoms with van der Waals surface area (Å²) in [7, 11) is 0. The summed E-state index contributed by atoms with van der Waals surface area (Å²) in [5, 5.41) is 15.3. The Labute approximate surface area is 111 Å². The minimum Gasteiger partial charge on any atom is -0.405 e. The van der Waals surface area contributed by atoms with Gasteiger partial charge in [-0.3, -0.25) is 4.68 Å². The molecular weight excluding hydrogens is 246 g/mol. The molecule has 0 saturated carbocycles. The van der Waals surface area contributed by atoms with Gasteiger partial charge in [0, 0.05) is 31.5 Å². The SMILES string of the molecule is CCn1cc(CNc2nnc(C3CCCO3)o2)cn1. The first-order valence-corrected chi connectivity index (χ1v) is 6.55. The first kappa shape index (κ1) is 12.2. The van der Waals surface area contributed by atoms with Crippen molar-refractivity contribution in [1.29, 1.82) is 0 Å². The average molecular weight is 263 g/mol. The highest BCUT2D eigenvalue weighted by molar-refractivity contribution is 5.21. The number of hydrogen-bond acceptors (Lipinski definition) is 6. The van der Waals surface area contributed by atoms with E-state index in [4.69, 9.17) is 9.15 Å². The number of nitrogens with one attached hydrogen (secondary N) is 1. The zero-order valence-corrected chi connectivity index (χ0v) is 10.9. The van der Waals surface area contributed by atoms with Gasteiger partial charge in [0.05, 0.1) is 6.20 Å². The van der Waals surface area contributed by atoms with Crippen LogP contribution in [-0.4, -0.2) is 26.6 Å². The molecule has 1 aliphatic rings. The third-order valence-electron chi connectivity index (χ3n) is 3.10. The smallest absolute Gasteiger partial charge is 0.315 e.